The second kappa shape index (κ2) is 12.3. The van der Waals surface area contributed by atoms with E-state index in [1.165, 1.54) is 32.4 Å². The van der Waals surface area contributed by atoms with Gasteiger partial charge in [-0.1, -0.05) is 30.2 Å². The molecular formula is C20H26ClN3O7. The van der Waals surface area contributed by atoms with Crippen LogP contribution in [0, 0.1) is 0 Å². The van der Waals surface area contributed by atoms with E-state index in [0.29, 0.717) is 12.5 Å². The van der Waals surface area contributed by atoms with Crippen LogP contribution >= 0.6 is 11.6 Å². The first kappa shape index (κ1) is 24.6. The molecular weight excluding hydrogens is 430 g/mol. The Kier molecular flexibility index (Phi) is 9.73. The number of carboxylic acid groups (broad SMARTS) is 2. The standard InChI is InChI=1S/C16H20ClN3O.C4H6O6/c17-14-6-4-13(5-7-14)15-12-16(19-18-15)21-11-10-20-8-2-1-3-9-20;5-1(3(7)8)2(6)4(9)10/h4-7,12H,1-3,8-11H2,(H,18,19);1-2,5-6H,(H,7,8)(H,9,10)/t;1-,2-/m.1/s1. The normalized spacial score (nSPS) is 16.0. The van der Waals surface area contributed by atoms with Gasteiger partial charge in [0.25, 0.3) is 0 Å². The maximum atomic E-state index is 9.77. The smallest absolute Gasteiger partial charge is 0.335 e. The van der Waals surface area contributed by atoms with Crippen molar-refractivity contribution in [3.05, 3.63) is 35.4 Å². The monoisotopic (exact) mass is 455 g/mol. The number of aliphatic hydroxyl groups excluding tert-OH is 2. The van der Waals surface area contributed by atoms with Crippen molar-refractivity contribution in [2.75, 3.05) is 26.2 Å². The highest BCUT2D eigenvalue weighted by Crippen LogP contribution is 2.22. The number of benzene rings is 1. The molecule has 0 saturated carbocycles. The average Bonchev–Trinajstić information content (AvgIpc) is 3.23. The van der Waals surface area contributed by atoms with E-state index in [9.17, 15) is 9.59 Å². The molecule has 0 amide bonds. The van der Waals surface area contributed by atoms with Gasteiger partial charge in [-0.25, -0.2) is 9.59 Å². The first-order chi connectivity index (χ1) is 14.8. The van der Waals surface area contributed by atoms with Gasteiger partial charge >= 0.3 is 11.9 Å². The van der Waals surface area contributed by atoms with Gasteiger partial charge in [-0.3, -0.25) is 10.00 Å². The molecule has 0 unspecified atom stereocenters. The number of hydrogen-bond donors (Lipinski definition) is 5. The third-order valence-electron chi connectivity index (χ3n) is 4.62. The van der Waals surface area contributed by atoms with E-state index in [1.807, 2.05) is 30.3 Å². The molecule has 1 saturated heterocycles. The van der Waals surface area contributed by atoms with Gasteiger partial charge in [0.2, 0.25) is 5.88 Å². The Hall–Kier alpha value is -2.66. The van der Waals surface area contributed by atoms with E-state index >= 15 is 0 Å². The van der Waals surface area contributed by atoms with Gasteiger partial charge in [0.05, 0.1) is 5.69 Å². The predicted molar refractivity (Wildman–Crippen MR) is 112 cm³/mol. The second-order valence-electron chi connectivity index (χ2n) is 6.94. The minimum absolute atomic E-state index is 0.650. The molecule has 1 aromatic heterocycles. The maximum absolute atomic E-state index is 9.77. The van der Waals surface area contributed by atoms with Gasteiger partial charge in [-0.05, 0) is 43.6 Å². The zero-order chi connectivity index (χ0) is 22.8. The Morgan fingerprint density at radius 2 is 1.65 bits per heavy atom. The number of hydrogen-bond acceptors (Lipinski definition) is 7. The van der Waals surface area contributed by atoms with Gasteiger partial charge in [-0.15, -0.1) is 5.10 Å². The summed E-state index contributed by atoms with van der Waals surface area (Å²) in [4.78, 5) is 22.0. The van der Waals surface area contributed by atoms with Crippen molar-refractivity contribution in [2.45, 2.75) is 31.5 Å². The summed E-state index contributed by atoms with van der Waals surface area (Å²) < 4.78 is 5.72. The number of piperidine rings is 1. The zero-order valence-corrected chi connectivity index (χ0v) is 17.5. The van der Waals surface area contributed by atoms with Crippen molar-refractivity contribution in [3.8, 4) is 17.1 Å². The molecule has 2 atom stereocenters. The van der Waals surface area contributed by atoms with Crippen LogP contribution in [0.2, 0.25) is 5.02 Å². The van der Waals surface area contributed by atoms with E-state index in [2.05, 4.69) is 15.1 Å². The van der Waals surface area contributed by atoms with Crippen LogP contribution in [0.3, 0.4) is 0 Å². The molecule has 0 bridgehead atoms. The lowest BCUT2D eigenvalue weighted by Crippen LogP contribution is -2.39. The Morgan fingerprint density at radius 3 is 2.19 bits per heavy atom. The number of aliphatic carboxylic acids is 2. The molecule has 170 valence electrons. The Labute approximate surface area is 184 Å². The van der Waals surface area contributed by atoms with Crippen molar-refractivity contribution in [1.82, 2.24) is 15.1 Å². The van der Waals surface area contributed by atoms with E-state index in [0.717, 1.165) is 22.8 Å². The molecule has 2 aromatic rings. The summed E-state index contributed by atoms with van der Waals surface area (Å²) in [5, 5.41) is 40.5. The molecule has 0 aliphatic carbocycles. The van der Waals surface area contributed by atoms with Crippen LogP contribution in [0.25, 0.3) is 11.3 Å². The van der Waals surface area contributed by atoms with Crippen LogP contribution in [-0.2, 0) is 9.59 Å². The number of nitrogens with zero attached hydrogens (tertiary/aromatic N) is 2. The topological polar surface area (TPSA) is 156 Å². The van der Waals surface area contributed by atoms with E-state index in [-0.39, 0.29) is 0 Å². The van der Waals surface area contributed by atoms with Gasteiger partial charge in [-0.2, -0.15) is 0 Å². The fourth-order valence-electron chi connectivity index (χ4n) is 2.89. The molecule has 1 aromatic carbocycles. The Morgan fingerprint density at radius 1 is 1.06 bits per heavy atom. The lowest BCUT2D eigenvalue weighted by Gasteiger charge is -2.25. The number of halogens is 1. The summed E-state index contributed by atoms with van der Waals surface area (Å²) in [6.07, 6.45) is -0.553. The zero-order valence-electron chi connectivity index (χ0n) is 16.8. The largest absolute Gasteiger partial charge is 0.479 e. The molecule has 2 heterocycles. The molecule has 1 aliphatic rings. The summed E-state index contributed by atoms with van der Waals surface area (Å²) in [6.45, 7) is 4.05. The number of aromatic nitrogens is 2. The van der Waals surface area contributed by atoms with Gasteiger partial charge in [0.15, 0.2) is 12.2 Å². The summed E-state index contributed by atoms with van der Waals surface area (Å²) in [5.74, 6) is -2.89. The van der Waals surface area contributed by atoms with Crippen molar-refractivity contribution in [2.24, 2.45) is 0 Å². The Balaban J connectivity index is 0.000000291. The number of aliphatic hydroxyl groups is 2. The van der Waals surface area contributed by atoms with Gasteiger partial charge in [0, 0.05) is 17.6 Å². The van der Waals surface area contributed by atoms with Crippen LogP contribution in [-0.4, -0.2) is 85.9 Å². The van der Waals surface area contributed by atoms with Gasteiger partial charge < -0.3 is 25.2 Å². The maximum Gasteiger partial charge on any atom is 0.335 e. The van der Waals surface area contributed by atoms with E-state index in [1.54, 1.807) is 0 Å². The minimum atomic E-state index is -2.27. The van der Waals surface area contributed by atoms with E-state index in [4.69, 9.17) is 36.8 Å². The lowest BCUT2D eigenvalue weighted by molar-refractivity contribution is -0.165. The fraction of sp³-hybridized carbons (Fsp3) is 0.450. The van der Waals surface area contributed by atoms with Crippen molar-refractivity contribution < 1.29 is 34.8 Å². The minimum Gasteiger partial charge on any atom is -0.479 e. The predicted octanol–water partition coefficient (Wildman–Crippen LogP) is 1.47. The summed E-state index contributed by atoms with van der Waals surface area (Å²) in [7, 11) is 0. The molecule has 11 heteroatoms. The highest BCUT2D eigenvalue weighted by molar-refractivity contribution is 6.30. The Bertz CT molecular complexity index is 820. The first-order valence-corrected chi connectivity index (χ1v) is 10.1. The molecule has 3 rings (SSSR count). The van der Waals surface area contributed by atoms with Crippen molar-refractivity contribution >= 4 is 23.5 Å². The number of carbonyl (C=O) groups is 2. The molecule has 31 heavy (non-hydrogen) atoms. The molecule has 5 N–H and O–H groups in total. The molecule has 0 spiro atoms. The first-order valence-electron chi connectivity index (χ1n) is 9.76. The number of likely N-dealkylation sites (tertiary alicyclic amines) is 1. The van der Waals surface area contributed by atoms with Crippen LogP contribution in [0.15, 0.2) is 30.3 Å². The second-order valence-corrected chi connectivity index (χ2v) is 7.38. The highest BCUT2D eigenvalue weighted by atomic mass is 35.5. The number of carboxylic acids is 2. The quantitative estimate of drug-likeness (QED) is 0.397. The third kappa shape index (κ3) is 8.18. The fourth-order valence-corrected chi connectivity index (χ4v) is 3.01. The summed E-state index contributed by atoms with van der Waals surface area (Å²) in [5.41, 5.74) is 2.00. The summed E-state index contributed by atoms with van der Waals surface area (Å²) in [6, 6.07) is 9.60. The number of ether oxygens (including phenoxy) is 1. The molecule has 1 fully saturated rings. The van der Waals surface area contributed by atoms with Crippen molar-refractivity contribution in [3.63, 3.8) is 0 Å². The molecule has 0 radical (unpaired) electrons. The third-order valence-corrected chi connectivity index (χ3v) is 4.87. The lowest BCUT2D eigenvalue weighted by atomic mass is 10.1. The average molecular weight is 456 g/mol. The highest BCUT2D eigenvalue weighted by Gasteiger charge is 2.29. The van der Waals surface area contributed by atoms with E-state index < -0.39 is 24.1 Å². The SMILES string of the molecule is Clc1ccc(-c2cc(OCCN3CCCCC3)n[nH]2)cc1.O=C(O)[C@H](O)[C@@H](O)C(=O)O. The number of H-pyrrole nitrogens is 1. The number of aromatic amines is 1. The van der Waals surface area contributed by atoms with Gasteiger partial charge in [0.1, 0.15) is 6.61 Å². The number of rotatable bonds is 8. The summed E-state index contributed by atoms with van der Waals surface area (Å²) >= 11 is 5.89. The molecule has 1 aliphatic heterocycles. The van der Waals surface area contributed by atoms with Crippen LogP contribution < -0.4 is 4.74 Å². The number of nitrogens with one attached hydrogen (secondary N) is 1. The van der Waals surface area contributed by atoms with Crippen LogP contribution in [0.1, 0.15) is 19.3 Å². The van der Waals surface area contributed by atoms with Crippen molar-refractivity contribution in [1.29, 1.82) is 0 Å². The molecule has 10 nitrogen and oxygen atoms in total. The van der Waals surface area contributed by atoms with Crippen LogP contribution in [0.4, 0.5) is 0 Å². The van der Waals surface area contributed by atoms with Crippen LogP contribution in [0.5, 0.6) is 5.88 Å².